The fraction of sp³-hybridized carbons (Fsp3) is 0.393. The molecule has 0 radical (unpaired) electrons. The van der Waals surface area contributed by atoms with Crippen molar-refractivity contribution in [2.75, 3.05) is 47.1 Å². The van der Waals surface area contributed by atoms with Gasteiger partial charge in [0.25, 0.3) is 11.8 Å². The van der Waals surface area contributed by atoms with E-state index in [0.717, 1.165) is 35.7 Å². The molecule has 0 aromatic heterocycles. The molecule has 0 bridgehead atoms. The molecular formula is C28H32FN3O5. The van der Waals surface area contributed by atoms with Crippen molar-refractivity contribution in [2.45, 2.75) is 25.1 Å². The number of Topliss-reactive ketones (excluding diaryl/α,β-unsaturated/α-hetero) is 1. The predicted octanol–water partition coefficient (Wildman–Crippen LogP) is 1.39. The summed E-state index contributed by atoms with van der Waals surface area (Å²) in [5.41, 5.74) is 1.14. The standard InChI is InChI=1S/C28H32FN3O5/c1-28(25(34)19-33,27(36)30-2)31(3)26(35)23-12-10-21(11-13-23)5-4-20-6-8-22(9-7-20)16-32-17-24(18-32)37-15-14-29/h6-13,24,33H,14-19H2,1-3H3,(H,30,36)/t28-/m1/s1. The molecule has 0 aliphatic carbocycles. The summed E-state index contributed by atoms with van der Waals surface area (Å²) < 4.78 is 17.5. The summed E-state index contributed by atoms with van der Waals surface area (Å²) in [6.07, 6.45) is 0.117. The number of likely N-dealkylation sites (tertiary alicyclic amines) is 1. The summed E-state index contributed by atoms with van der Waals surface area (Å²) in [6, 6.07) is 14.5. The van der Waals surface area contributed by atoms with Crippen LogP contribution in [0.2, 0.25) is 0 Å². The Balaban J connectivity index is 1.60. The van der Waals surface area contributed by atoms with Gasteiger partial charge in [0.05, 0.1) is 12.7 Å². The lowest BCUT2D eigenvalue weighted by Gasteiger charge is -2.38. The fourth-order valence-electron chi connectivity index (χ4n) is 4.02. The van der Waals surface area contributed by atoms with Crippen LogP contribution in [0.3, 0.4) is 0 Å². The molecule has 8 nitrogen and oxygen atoms in total. The van der Waals surface area contributed by atoms with E-state index in [1.165, 1.54) is 21.0 Å². The van der Waals surface area contributed by atoms with E-state index in [9.17, 15) is 23.9 Å². The van der Waals surface area contributed by atoms with Gasteiger partial charge in [-0.2, -0.15) is 0 Å². The Labute approximate surface area is 216 Å². The quantitative estimate of drug-likeness (QED) is 0.371. The van der Waals surface area contributed by atoms with Crippen LogP contribution in [0, 0.1) is 11.8 Å². The molecule has 1 fully saturated rings. The van der Waals surface area contributed by atoms with Crippen LogP contribution < -0.4 is 5.32 Å². The lowest BCUT2D eigenvalue weighted by Crippen LogP contribution is -2.62. The van der Waals surface area contributed by atoms with Gasteiger partial charge < -0.3 is 20.1 Å². The molecule has 0 spiro atoms. The van der Waals surface area contributed by atoms with Gasteiger partial charge in [0.15, 0.2) is 11.3 Å². The number of carbonyl (C=O) groups is 3. The van der Waals surface area contributed by atoms with E-state index in [1.54, 1.807) is 24.3 Å². The third-order valence-electron chi connectivity index (χ3n) is 6.53. The number of ether oxygens (including phenoxy) is 1. The summed E-state index contributed by atoms with van der Waals surface area (Å²) >= 11 is 0. The summed E-state index contributed by atoms with van der Waals surface area (Å²) in [4.78, 5) is 40.9. The van der Waals surface area contributed by atoms with E-state index in [4.69, 9.17) is 4.74 Å². The molecule has 2 amide bonds. The molecule has 2 aromatic carbocycles. The highest BCUT2D eigenvalue weighted by Crippen LogP contribution is 2.19. The van der Waals surface area contributed by atoms with Crippen molar-refractivity contribution in [3.05, 3.63) is 70.8 Å². The second kappa shape index (κ2) is 12.6. The van der Waals surface area contributed by atoms with Crippen LogP contribution in [0.15, 0.2) is 48.5 Å². The van der Waals surface area contributed by atoms with Gasteiger partial charge in [-0.25, -0.2) is 4.39 Å². The number of benzene rings is 2. The first-order valence-electron chi connectivity index (χ1n) is 12.0. The number of hydrogen-bond acceptors (Lipinski definition) is 6. The fourth-order valence-corrected chi connectivity index (χ4v) is 4.02. The minimum absolute atomic E-state index is 0.117. The van der Waals surface area contributed by atoms with Gasteiger partial charge in [-0.05, 0) is 48.9 Å². The Hall–Kier alpha value is -3.58. The van der Waals surface area contributed by atoms with Crippen LogP contribution in [0.5, 0.6) is 0 Å². The molecule has 2 N–H and O–H groups in total. The number of carbonyl (C=O) groups excluding carboxylic acids is 3. The number of halogens is 1. The van der Waals surface area contributed by atoms with Gasteiger partial charge >= 0.3 is 0 Å². The van der Waals surface area contributed by atoms with Crippen LogP contribution in [-0.4, -0.2) is 91.2 Å². The molecule has 196 valence electrons. The number of hydrogen-bond donors (Lipinski definition) is 2. The van der Waals surface area contributed by atoms with E-state index < -0.39 is 36.4 Å². The van der Waals surface area contributed by atoms with Gasteiger partial charge in [0, 0.05) is 50.4 Å². The summed E-state index contributed by atoms with van der Waals surface area (Å²) in [5, 5.41) is 11.7. The maximum atomic E-state index is 13.0. The number of amides is 2. The number of aliphatic hydroxyl groups excluding tert-OH is 1. The molecule has 1 aliphatic heterocycles. The van der Waals surface area contributed by atoms with Crippen molar-refractivity contribution in [3.63, 3.8) is 0 Å². The van der Waals surface area contributed by atoms with E-state index in [2.05, 4.69) is 22.1 Å². The second-order valence-electron chi connectivity index (χ2n) is 9.00. The van der Waals surface area contributed by atoms with Crippen molar-refractivity contribution in [1.82, 2.24) is 15.1 Å². The predicted molar refractivity (Wildman–Crippen MR) is 137 cm³/mol. The monoisotopic (exact) mass is 509 g/mol. The van der Waals surface area contributed by atoms with Gasteiger partial charge in [-0.3, -0.25) is 19.3 Å². The van der Waals surface area contributed by atoms with E-state index in [0.29, 0.717) is 5.56 Å². The highest BCUT2D eigenvalue weighted by molar-refractivity contribution is 6.14. The number of nitrogens with one attached hydrogen (secondary N) is 1. The highest BCUT2D eigenvalue weighted by Gasteiger charge is 2.46. The lowest BCUT2D eigenvalue weighted by atomic mass is 9.92. The Morgan fingerprint density at radius 3 is 2.19 bits per heavy atom. The van der Waals surface area contributed by atoms with Gasteiger partial charge in [-0.1, -0.05) is 24.0 Å². The molecule has 9 heteroatoms. The molecule has 1 atom stereocenters. The maximum Gasteiger partial charge on any atom is 0.254 e. The molecule has 1 saturated heterocycles. The van der Waals surface area contributed by atoms with Crippen molar-refractivity contribution < 1.29 is 28.6 Å². The zero-order valence-electron chi connectivity index (χ0n) is 21.3. The third kappa shape index (κ3) is 6.60. The average Bonchev–Trinajstić information content (AvgIpc) is 2.91. The Morgan fingerprint density at radius 1 is 1.11 bits per heavy atom. The first-order valence-corrected chi connectivity index (χ1v) is 12.0. The topological polar surface area (TPSA) is 99.2 Å². The van der Waals surface area contributed by atoms with Crippen LogP contribution in [0.25, 0.3) is 0 Å². The number of ketones is 1. The first-order chi connectivity index (χ1) is 17.7. The summed E-state index contributed by atoms with van der Waals surface area (Å²) in [5.74, 6) is 4.16. The number of aliphatic hydroxyl groups is 1. The molecule has 0 unspecified atom stereocenters. The summed E-state index contributed by atoms with van der Waals surface area (Å²) in [7, 11) is 2.71. The minimum Gasteiger partial charge on any atom is -0.388 e. The number of nitrogens with zero attached hydrogens (tertiary/aromatic N) is 2. The van der Waals surface area contributed by atoms with Crippen molar-refractivity contribution in [2.24, 2.45) is 0 Å². The first kappa shape index (κ1) is 28.0. The smallest absolute Gasteiger partial charge is 0.254 e. The van der Waals surface area contributed by atoms with Crippen molar-refractivity contribution in [1.29, 1.82) is 0 Å². The third-order valence-corrected chi connectivity index (χ3v) is 6.53. The SMILES string of the molecule is CNC(=O)[C@@](C)(C(=O)CO)N(C)C(=O)c1ccc(C#Cc2ccc(CN3CC(OCCF)C3)cc2)cc1. The van der Waals surface area contributed by atoms with Gasteiger partial charge in [0.1, 0.15) is 13.3 Å². The second-order valence-corrected chi connectivity index (χ2v) is 9.00. The zero-order chi connectivity index (χ0) is 27.0. The Bertz CT molecular complexity index is 1150. The Kier molecular flexibility index (Phi) is 9.53. The largest absolute Gasteiger partial charge is 0.388 e. The van der Waals surface area contributed by atoms with Crippen LogP contribution in [0.1, 0.15) is 34.0 Å². The number of alkyl halides is 1. The Morgan fingerprint density at radius 2 is 1.68 bits per heavy atom. The lowest BCUT2D eigenvalue weighted by molar-refractivity contribution is -0.143. The summed E-state index contributed by atoms with van der Waals surface area (Å²) in [6.45, 7) is 2.55. The number of rotatable bonds is 10. The van der Waals surface area contributed by atoms with E-state index in [1.807, 2.05) is 24.3 Å². The molecular weight excluding hydrogens is 477 g/mol. The molecule has 37 heavy (non-hydrogen) atoms. The van der Waals surface area contributed by atoms with Crippen LogP contribution in [-0.2, 0) is 20.9 Å². The molecule has 3 rings (SSSR count). The highest BCUT2D eigenvalue weighted by atomic mass is 19.1. The van der Waals surface area contributed by atoms with E-state index >= 15 is 0 Å². The average molecular weight is 510 g/mol. The molecule has 1 aliphatic rings. The molecule has 1 heterocycles. The van der Waals surface area contributed by atoms with Gasteiger partial charge in [-0.15, -0.1) is 0 Å². The van der Waals surface area contributed by atoms with Crippen LogP contribution >= 0.6 is 0 Å². The minimum atomic E-state index is -1.84. The molecule has 2 aromatic rings. The van der Waals surface area contributed by atoms with Gasteiger partial charge in [0.2, 0.25) is 0 Å². The maximum absolute atomic E-state index is 13.0. The van der Waals surface area contributed by atoms with Crippen LogP contribution in [0.4, 0.5) is 4.39 Å². The molecule has 0 saturated carbocycles. The number of likely N-dealkylation sites (N-methyl/N-ethyl adjacent to an activating group) is 2. The normalized spacial score (nSPS) is 15.1. The van der Waals surface area contributed by atoms with Crippen molar-refractivity contribution >= 4 is 17.6 Å². The van der Waals surface area contributed by atoms with Crippen molar-refractivity contribution in [3.8, 4) is 11.8 Å². The zero-order valence-corrected chi connectivity index (χ0v) is 21.3. The van der Waals surface area contributed by atoms with E-state index in [-0.39, 0.29) is 18.3 Å².